The second-order valence-electron chi connectivity index (χ2n) is 11.0. The number of hydrogen-bond donors (Lipinski definition) is 1. The molecule has 47 heavy (non-hydrogen) atoms. The summed E-state index contributed by atoms with van der Waals surface area (Å²) in [6.07, 6.45) is 7.43. The number of halogens is 2. The van der Waals surface area contributed by atoms with Crippen molar-refractivity contribution in [3.05, 3.63) is 121 Å². The Morgan fingerprint density at radius 2 is 1.85 bits per heavy atom. The van der Waals surface area contributed by atoms with Gasteiger partial charge in [-0.3, -0.25) is 4.79 Å². The van der Waals surface area contributed by atoms with Crippen LogP contribution >= 0.6 is 0 Å². The van der Waals surface area contributed by atoms with E-state index in [1.807, 2.05) is 29.0 Å². The van der Waals surface area contributed by atoms with Crippen LogP contribution in [0.15, 0.2) is 103 Å². The summed E-state index contributed by atoms with van der Waals surface area (Å²) < 4.78 is 51.9. The van der Waals surface area contributed by atoms with Crippen molar-refractivity contribution in [1.29, 1.82) is 0 Å². The number of amides is 1. The van der Waals surface area contributed by atoms with Gasteiger partial charge in [-0.05, 0) is 60.5 Å². The van der Waals surface area contributed by atoms with E-state index >= 15 is 4.39 Å². The van der Waals surface area contributed by atoms with Gasteiger partial charge in [0.15, 0.2) is 0 Å². The van der Waals surface area contributed by atoms with Gasteiger partial charge in [0.2, 0.25) is 0 Å². The molecule has 6 aromatic rings. The van der Waals surface area contributed by atoms with Crippen LogP contribution in [-0.2, 0) is 24.3 Å². The Hall–Kier alpha value is -5.19. The number of anilines is 1. The van der Waals surface area contributed by atoms with E-state index in [0.717, 1.165) is 5.56 Å². The number of carbonyl (C=O) groups excluding carboxylic acids is 1. The van der Waals surface area contributed by atoms with Gasteiger partial charge in [0.05, 0.1) is 46.6 Å². The van der Waals surface area contributed by atoms with Gasteiger partial charge < -0.3 is 18.9 Å². The second kappa shape index (κ2) is 12.9. The molecule has 10 heteroatoms. The third-order valence-corrected chi connectivity index (χ3v) is 9.12. The summed E-state index contributed by atoms with van der Waals surface area (Å²) >= 11 is -1.44. The first-order chi connectivity index (χ1) is 22.7. The first-order valence-electron chi connectivity index (χ1n) is 14.8. The SMILES string of the molecule is C=CCc1ccc(-c2cc3c(C(=O)NC)c(-c4ccc(F)cc4)oc3cc2N(C)[S+](C)[O-])nc1-c1cn(CC=C)c2cccc(F)c12. The van der Waals surface area contributed by atoms with Crippen LogP contribution in [-0.4, -0.2) is 40.4 Å². The lowest BCUT2D eigenvalue weighted by atomic mass is 9.98. The van der Waals surface area contributed by atoms with E-state index in [-0.39, 0.29) is 17.1 Å². The molecule has 1 atom stereocenters. The molecular formula is C37H32F2N4O3S. The fraction of sp³-hybridized carbons (Fsp3) is 0.135. The number of fused-ring (bicyclic) bond motifs is 2. The zero-order valence-corrected chi connectivity index (χ0v) is 27.0. The molecule has 0 aliphatic carbocycles. The Morgan fingerprint density at radius 1 is 1.09 bits per heavy atom. The molecule has 0 fully saturated rings. The molecule has 0 bridgehead atoms. The first kappa shape index (κ1) is 31.8. The lowest BCUT2D eigenvalue weighted by molar-refractivity contribution is 0.0964. The Morgan fingerprint density at radius 3 is 2.53 bits per heavy atom. The van der Waals surface area contributed by atoms with Gasteiger partial charge in [0, 0.05) is 53.3 Å². The maximum absolute atomic E-state index is 15.5. The predicted octanol–water partition coefficient (Wildman–Crippen LogP) is 8.07. The summed E-state index contributed by atoms with van der Waals surface area (Å²) in [6.45, 7) is 8.25. The molecule has 1 N–H and O–H groups in total. The Bertz CT molecular complexity index is 2170. The third-order valence-electron chi connectivity index (χ3n) is 8.15. The zero-order chi connectivity index (χ0) is 33.4. The smallest absolute Gasteiger partial charge is 0.255 e. The Kier molecular flexibility index (Phi) is 8.72. The number of rotatable bonds is 10. The number of furan rings is 1. The topological polar surface area (TPSA) is 86.4 Å². The van der Waals surface area contributed by atoms with Crippen LogP contribution in [0.2, 0.25) is 0 Å². The largest absolute Gasteiger partial charge is 0.593 e. The standard InChI is InChI=1S/C37H32F2N4O3S/c1-6-9-22-14-17-29(41-35(22)27-21-43(18-7-2)30-11-8-10-28(39)33(27)30)25-19-26-32(20-31(25)42(4)47(5)45)46-36(34(26)37(44)40-3)23-12-15-24(38)16-13-23/h6-8,10-17,19-21H,1-2,9,18H2,3-5H3,(H,40,44). The van der Waals surface area contributed by atoms with Crippen LogP contribution in [0, 0.1) is 11.6 Å². The van der Waals surface area contributed by atoms with E-state index in [4.69, 9.17) is 9.40 Å². The summed E-state index contributed by atoms with van der Waals surface area (Å²) in [7, 11) is 3.21. The van der Waals surface area contributed by atoms with E-state index in [1.54, 1.807) is 60.1 Å². The number of nitrogens with one attached hydrogen (secondary N) is 1. The van der Waals surface area contributed by atoms with Crippen LogP contribution in [0.4, 0.5) is 14.5 Å². The minimum atomic E-state index is -1.44. The van der Waals surface area contributed by atoms with Gasteiger partial charge in [0.25, 0.3) is 5.91 Å². The number of hydrogen-bond acceptors (Lipinski definition) is 5. The minimum absolute atomic E-state index is 0.264. The van der Waals surface area contributed by atoms with Gasteiger partial charge >= 0.3 is 0 Å². The molecule has 1 amide bonds. The maximum atomic E-state index is 15.5. The van der Waals surface area contributed by atoms with E-state index in [9.17, 15) is 13.7 Å². The highest BCUT2D eigenvalue weighted by molar-refractivity contribution is 7.92. The van der Waals surface area contributed by atoms with Crippen molar-refractivity contribution in [2.75, 3.05) is 24.7 Å². The Labute approximate surface area is 274 Å². The van der Waals surface area contributed by atoms with Crippen molar-refractivity contribution in [3.63, 3.8) is 0 Å². The van der Waals surface area contributed by atoms with E-state index in [0.29, 0.717) is 68.6 Å². The van der Waals surface area contributed by atoms with Crippen molar-refractivity contribution in [1.82, 2.24) is 14.9 Å². The normalized spacial score (nSPS) is 12.0. The molecule has 6 rings (SSSR count). The quantitative estimate of drug-likeness (QED) is 0.120. The van der Waals surface area contributed by atoms with Crippen molar-refractivity contribution in [2.24, 2.45) is 0 Å². The van der Waals surface area contributed by atoms with Crippen molar-refractivity contribution >= 4 is 44.8 Å². The minimum Gasteiger partial charge on any atom is -0.593 e. The van der Waals surface area contributed by atoms with Crippen LogP contribution in [0.3, 0.4) is 0 Å². The molecule has 7 nitrogen and oxygen atoms in total. The molecule has 3 aromatic heterocycles. The second-order valence-corrected chi connectivity index (χ2v) is 12.4. The molecule has 3 aromatic carbocycles. The lowest BCUT2D eigenvalue weighted by Gasteiger charge is -2.22. The molecule has 0 aliphatic rings. The Balaban J connectivity index is 1.65. The van der Waals surface area contributed by atoms with Crippen molar-refractivity contribution < 1.29 is 22.5 Å². The molecule has 1 unspecified atom stereocenters. The molecule has 0 aliphatic heterocycles. The van der Waals surface area contributed by atoms with Gasteiger partial charge in [0.1, 0.15) is 29.2 Å². The summed E-state index contributed by atoms with van der Waals surface area (Å²) in [4.78, 5) is 18.4. The highest BCUT2D eigenvalue weighted by Gasteiger charge is 2.27. The number of benzene rings is 3. The lowest BCUT2D eigenvalue weighted by Crippen LogP contribution is -2.25. The number of pyridine rings is 1. The van der Waals surface area contributed by atoms with Crippen LogP contribution in [0.5, 0.6) is 0 Å². The molecule has 238 valence electrons. The fourth-order valence-corrected chi connectivity index (χ4v) is 6.29. The monoisotopic (exact) mass is 650 g/mol. The van der Waals surface area contributed by atoms with Crippen molar-refractivity contribution in [2.45, 2.75) is 13.0 Å². The number of allylic oxidation sites excluding steroid dienone is 2. The summed E-state index contributed by atoms with van der Waals surface area (Å²) in [6, 6.07) is 17.9. The van der Waals surface area contributed by atoms with Gasteiger partial charge in [-0.15, -0.1) is 13.2 Å². The molecule has 0 spiro atoms. The number of carbonyl (C=O) groups is 1. The molecule has 0 saturated carbocycles. The highest BCUT2D eigenvalue weighted by Crippen LogP contribution is 2.42. The van der Waals surface area contributed by atoms with Crippen LogP contribution < -0.4 is 9.62 Å². The van der Waals surface area contributed by atoms with Gasteiger partial charge in [-0.1, -0.05) is 24.3 Å². The highest BCUT2D eigenvalue weighted by atomic mass is 32.2. The van der Waals surface area contributed by atoms with Crippen LogP contribution in [0.25, 0.3) is 55.7 Å². The van der Waals surface area contributed by atoms with Gasteiger partial charge in [-0.2, -0.15) is 4.31 Å². The summed E-state index contributed by atoms with van der Waals surface area (Å²) in [5.74, 6) is -0.919. The summed E-state index contributed by atoms with van der Waals surface area (Å²) in [5.41, 5.74) is 5.51. The maximum Gasteiger partial charge on any atom is 0.255 e. The third kappa shape index (κ3) is 5.70. The zero-order valence-electron chi connectivity index (χ0n) is 26.1. The average molecular weight is 651 g/mol. The molecule has 0 radical (unpaired) electrons. The predicted molar refractivity (Wildman–Crippen MR) is 186 cm³/mol. The van der Waals surface area contributed by atoms with E-state index in [1.165, 1.54) is 25.2 Å². The molecule has 0 saturated heterocycles. The van der Waals surface area contributed by atoms with E-state index in [2.05, 4.69) is 18.5 Å². The molecular weight excluding hydrogens is 618 g/mol. The van der Waals surface area contributed by atoms with Gasteiger partial charge in [-0.25, -0.2) is 13.8 Å². The fourth-order valence-electron chi connectivity index (χ4n) is 5.86. The average Bonchev–Trinajstić information content (AvgIpc) is 3.63. The molecule has 3 heterocycles. The summed E-state index contributed by atoms with van der Waals surface area (Å²) in [5, 5.41) is 3.61. The first-order valence-corrected chi connectivity index (χ1v) is 16.3. The number of aromatic nitrogens is 2. The van der Waals surface area contributed by atoms with Crippen molar-refractivity contribution in [3.8, 4) is 33.8 Å². The van der Waals surface area contributed by atoms with Crippen LogP contribution in [0.1, 0.15) is 15.9 Å². The van der Waals surface area contributed by atoms with E-state index < -0.39 is 23.1 Å². The number of nitrogens with zero attached hydrogens (tertiary/aromatic N) is 3.